The Morgan fingerprint density at radius 2 is 1.49 bits per heavy atom. The van der Waals surface area contributed by atoms with Gasteiger partial charge in [0.05, 0.1) is 34.9 Å². The highest BCUT2D eigenvalue weighted by Gasteiger charge is 2.29. The van der Waals surface area contributed by atoms with Crippen LogP contribution < -0.4 is 18.9 Å². The molecule has 0 fully saturated rings. The van der Waals surface area contributed by atoms with Crippen LogP contribution in [0.3, 0.4) is 0 Å². The number of carbonyl (C=O) groups excluding carboxylic acids is 1. The fourth-order valence-electron chi connectivity index (χ4n) is 5.87. The third kappa shape index (κ3) is 6.51. The van der Waals surface area contributed by atoms with Crippen LogP contribution in [-0.2, 0) is 24.2 Å². The lowest BCUT2D eigenvalue weighted by Crippen LogP contribution is -2.33. The maximum Gasteiger partial charge on any atom is 0.230 e. The first-order chi connectivity index (χ1) is 20.0. The molecule has 41 heavy (non-hydrogen) atoms. The minimum absolute atomic E-state index is 0.0947. The Hall–Kier alpha value is -3.97. The van der Waals surface area contributed by atoms with Crippen molar-refractivity contribution >= 4 is 12.0 Å². The van der Waals surface area contributed by atoms with Gasteiger partial charge in [0.1, 0.15) is 0 Å². The minimum atomic E-state index is 0.0947. The molecule has 1 aliphatic heterocycles. The molecule has 7 heteroatoms. The zero-order valence-corrected chi connectivity index (χ0v) is 24.5. The minimum Gasteiger partial charge on any atom is -0.493 e. The average molecular weight is 557 g/mol. The van der Waals surface area contributed by atoms with Crippen molar-refractivity contribution in [2.45, 2.75) is 38.1 Å². The zero-order chi connectivity index (χ0) is 28.8. The molecule has 1 aliphatic carbocycles. The molecule has 1 heterocycles. The molecule has 0 radical (unpaired) electrons. The first-order valence-corrected chi connectivity index (χ1v) is 14.3. The summed E-state index contributed by atoms with van der Waals surface area (Å²) in [5.41, 5.74) is 5.96. The zero-order valence-electron chi connectivity index (χ0n) is 24.5. The summed E-state index contributed by atoms with van der Waals surface area (Å²) in [6, 6.07) is 18.7. The van der Waals surface area contributed by atoms with E-state index in [1.54, 1.807) is 28.4 Å². The van der Waals surface area contributed by atoms with Crippen LogP contribution in [0.25, 0.3) is 6.08 Å². The molecule has 5 rings (SSSR count). The smallest absolute Gasteiger partial charge is 0.230 e. The van der Waals surface area contributed by atoms with Crippen LogP contribution in [-0.4, -0.2) is 63.8 Å². The molecule has 7 nitrogen and oxygen atoms in total. The predicted molar refractivity (Wildman–Crippen MR) is 161 cm³/mol. The molecule has 3 aromatic carbocycles. The van der Waals surface area contributed by atoms with Crippen molar-refractivity contribution in [3.8, 4) is 23.0 Å². The molecular weight excluding hydrogens is 516 g/mol. The number of benzene rings is 3. The summed E-state index contributed by atoms with van der Waals surface area (Å²) in [7, 11) is 6.62. The third-order valence-corrected chi connectivity index (χ3v) is 8.21. The lowest BCUT2D eigenvalue weighted by atomic mass is 9.75. The second kappa shape index (κ2) is 13.1. The number of hydrogen-bond acceptors (Lipinski definition) is 6. The molecule has 0 saturated carbocycles. The molecule has 0 bridgehead atoms. The van der Waals surface area contributed by atoms with E-state index in [0.717, 1.165) is 61.5 Å². The Morgan fingerprint density at radius 1 is 0.829 bits per heavy atom. The quantitative estimate of drug-likeness (QED) is 0.269. The van der Waals surface area contributed by atoms with E-state index in [0.29, 0.717) is 30.4 Å². The van der Waals surface area contributed by atoms with Gasteiger partial charge in [-0.05, 0) is 89.9 Å². The molecule has 0 aromatic heterocycles. The van der Waals surface area contributed by atoms with E-state index in [2.05, 4.69) is 47.4 Å². The van der Waals surface area contributed by atoms with E-state index in [4.69, 9.17) is 18.9 Å². The molecule has 1 atom stereocenters. The van der Waals surface area contributed by atoms with Crippen molar-refractivity contribution in [3.05, 3.63) is 88.6 Å². The lowest BCUT2D eigenvalue weighted by molar-refractivity contribution is -0.127. The highest BCUT2D eigenvalue weighted by molar-refractivity contribution is 5.84. The monoisotopic (exact) mass is 556 g/mol. The first-order valence-electron chi connectivity index (χ1n) is 14.3. The summed E-state index contributed by atoms with van der Waals surface area (Å²) in [6.45, 7) is 3.46. The van der Waals surface area contributed by atoms with E-state index < -0.39 is 0 Å². The number of ether oxygens (including phenoxy) is 4. The maximum absolute atomic E-state index is 13.1. The molecule has 2 aliphatic rings. The number of carbonyl (C=O) groups is 1. The van der Waals surface area contributed by atoms with Crippen LogP contribution in [0.5, 0.6) is 23.0 Å². The second-order valence-corrected chi connectivity index (χ2v) is 10.7. The number of methoxy groups -OCH3 is 4. The van der Waals surface area contributed by atoms with Gasteiger partial charge in [0.2, 0.25) is 5.91 Å². The van der Waals surface area contributed by atoms with Crippen LogP contribution in [0, 0.1) is 0 Å². The van der Waals surface area contributed by atoms with E-state index in [1.165, 1.54) is 16.7 Å². The number of nitrogens with zero attached hydrogens (tertiary/aromatic N) is 2. The maximum atomic E-state index is 13.1. The van der Waals surface area contributed by atoms with E-state index in [9.17, 15) is 4.79 Å². The summed E-state index contributed by atoms with van der Waals surface area (Å²) in [5, 5.41) is 0. The summed E-state index contributed by atoms with van der Waals surface area (Å²) >= 11 is 0. The Kier molecular flexibility index (Phi) is 9.14. The van der Waals surface area contributed by atoms with Crippen molar-refractivity contribution in [1.82, 2.24) is 9.80 Å². The summed E-state index contributed by atoms with van der Waals surface area (Å²) in [4.78, 5) is 17.5. The van der Waals surface area contributed by atoms with Gasteiger partial charge in [-0.3, -0.25) is 9.69 Å². The number of amides is 1. The van der Waals surface area contributed by atoms with E-state index >= 15 is 0 Å². The van der Waals surface area contributed by atoms with Crippen LogP contribution in [0.15, 0.2) is 60.8 Å². The van der Waals surface area contributed by atoms with E-state index in [-0.39, 0.29) is 5.91 Å². The molecule has 3 aromatic rings. The number of hydrogen-bond donors (Lipinski definition) is 0. The van der Waals surface area contributed by atoms with Crippen molar-refractivity contribution in [2.24, 2.45) is 0 Å². The Balaban J connectivity index is 1.21. The summed E-state index contributed by atoms with van der Waals surface area (Å²) in [6.07, 6.45) is 7.29. The highest BCUT2D eigenvalue weighted by Crippen LogP contribution is 2.44. The van der Waals surface area contributed by atoms with Gasteiger partial charge in [0.15, 0.2) is 23.0 Å². The van der Waals surface area contributed by atoms with Gasteiger partial charge in [-0.2, -0.15) is 0 Å². The Bertz CT molecular complexity index is 1390. The van der Waals surface area contributed by atoms with Gasteiger partial charge in [0, 0.05) is 25.8 Å². The van der Waals surface area contributed by atoms with Crippen molar-refractivity contribution < 1.29 is 23.7 Å². The molecular formula is C34H40N2O5. The van der Waals surface area contributed by atoms with Crippen molar-refractivity contribution in [1.29, 1.82) is 0 Å². The van der Waals surface area contributed by atoms with Crippen LogP contribution >= 0.6 is 0 Å². The number of rotatable bonds is 13. The Morgan fingerprint density at radius 3 is 2.20 bits per heavy atom. The van der Waals surface area contributed by atoms with Crippen LogP contribution in [0.1, 0.15) is 46.6 Å². The molecule has 0 spiro atoms. The topological polar surface area (TPSA) is 60.5 Å². The standard InChI is InChI=1S/C34H40N2O5/c1-38-30-18-25-12-16-36(34(37)21-27(25)19-31(30)39-2)14-8-13-35(23-24-9-6-5-7-10-24)15-11-26-17-28-20-32(40-3)33(41-4)22-29(26)28/h5-7,9-10,12,16,18-20,22,26H,8,11,13-15,17,21,23H2,1-4H3/t26-/m0/s1. The van der Waals surface area contributed by atoms with Gasteiger partial charge in [-0.15, -0.1) is 0 Å². The first kappa shape index (κ1) is 28.6. The highest BCUT2D eigenvalue weighted by atomic mass is 16.5. The van der Waals surface area contributed by atoms with Crippen molar-refractivity contribution in [3.63, 3.8) is 0 Å². The van der Waals surface area contributed by atoms with Gasteiger partial charge < -0.3 is 23.8 Å². The predicted octanol–water partition coefficient (Wildman–Crippen LogP) is 5.70. The normalized spacial score (nSPS) is 15.6. The fourth-order valence-corrected chi connectivity index (χ4v) is 5.87. The third-order valence-electron chi connectivity index (χ3n) is 8.21. The second-order valence-electron chi connectivity index (χ2n) is 10.7. The fraction of sp³-hybridized carbons (Fsp3) is 0.382. The molecule has 1 amide bonds. The number of fused-ring (bicyclic) bond motifs is 2. The summed E-state index contributed by atoms with van der Waals surface area (Å²) < 4.78 is 21.9. The van der Waals surface area contributed by atoms with Crippen LogP contribution in [0.2, 0.25) is 0 Å². The van der Waals surface area contributed by atoms with Crippen molar-refractivity contribution in [2.75, 3.05) is 48.1 Å². The average Bonchev–Trinajstić information content (AvgIpc) is 3.14. The van der Waals surface area contributed by atoms with Gasteiger partial charge >= 0.3 is 0 Å². The lowest BCUT2D eigenvalue weighted by Gasteiger charge is -2.33. The van der Waals surface area contributed by atoms with Gasteiger partial charge in [-0.1, -0.05) is 30.3 Å². The molecule has 0 saturated heterocycles. The van der Waals surface area contributed by atoms with Crippen LogP contribution in [0.4, 0.5) is 0 Å². The SMILES string of the molecule is COc1cc2c(cc1OC)CC(=O)N(CCCN(CC[C@H]1Cc3cc(OC)c(OC)cc31)Cc1ccccc1)C=C2. The van der Waals surface area contributed by atoms with E-state index in [1.807, 2.05) is 29.3 Å². The largest absolute Gasteiger partial charge is 0.493 e. The Labute approximate surface area is 243 Å². The van der Waals surface area contributed by atoms with Gasteiger partial charge in [0.25, 0.3) is 0 Å². The molecule has 216 valence electrons. The molecule has 0 N–H and O–H groups in total. The summed E-state index contributed by atoms with van der Waals surface area (Å²) in [5.74, 6) is 3.52. The molecule has 0 unspecified atom stereocenters. The van der Waals surface area contributed by atoms with Gasteiger partial charge in [-0.25, -0.2) is 0 Å².